The Hall–Kier alpha value is -4.33. The van der Waals surface area contributed by atoms with E-state index in [9.17, 15) is 4.39 Å². The highest BCUT2D eigenvalue weighted by molar-refractivity contribution is 5.92. The summed E-state index contributed by atoms with van der Waals surface area (Å²) in [5.74, 6) is 1.25. The predicted octanol–water partition coefficient (Wildman–Crippen LogP) is 4.83. The average molecular weight is 426 g/mol. The number of hydrogen-bond donors (Lipinski definition) is 1. The first-order chi connectivity index (χ1) is 15.7. The Morgan fingerprint density at radius 2 is 1.78 bits per heavy atom. The first kappa shape index (κ1) is 19.6. The Bertz CT molecular complexity index is 1370. The standard InChI is InChI=1S/C24H19FN6O/c1-32-21-14-27-24(29-23(21)28-18-10-12-26-13-11-18)22-19-4-2-3-5-20(19)31(30-22)15-16-6-8-17(25)9-7-16/h2-14H,15H2,1H3,(H,26,27,28,29). The zero-order chi connectivity index (χ0) is 21.9. The number of anilines is 2. The van der Waals surface area contributed by atoms with Gasteiger partial charge in [0, 0.05) is 23.5 Å². The second kappa shape index (κ2) is 8.43. The van der Waals surface area contributed by atoms with Gasteiger partial charge in [-0.25, -0.2) is 14.4 Å². The summed E-state index contributed by atoms with van der Waals surface area (Å²) < 4.78 is 20.6. The lowest BCUT2D eigenvalue weighted by molar-refractivity contribution is 0.413. The van der Waals surface area contributed by atoms with Crippen LogP contribution in [0.25, 0.3) is 22.4 Å². The summed E-state index contributed by atoms with van der Waals surface area (Å²) in [5, 5.41) is 8.97. The number of ether oxygens (including phenoxy) is 1. The van der Waals surface area contributed by atoms with E-state index in [1.165, 1.54) is 12.1 Å². The van der Waals surface area contributed by atoms with Crippen LogP contribution in [-0.4, -0.2) is 31.8 Å². The number of aromatic nitrogens is 5. The van der Waals surface area contributed by atoms with Gasteiger partial charge in [0.05, 0.1) is 25.4 Å². The highest BCUT2D eigenvalue weighted by Crippen LogP contribution is 2.30. The highest BCUT2D eigenvalue weighted by Gasteiger charge is 2.17. The van der Waals surface area contributed by atoms with E-state index in [-0.39, 0.29) is 5.82 Å². The van der Waals surface area contributed by atoms with Gasteiger partial charge < -0.3 is 10.1 Å². The summed E-state index contributed by atoms with van der Waals surface area (Å²) >= 11 is 0. The number of benzene rings is 2. The van der Waals surface area contributed by atoms with Crippen molar-refractivity contribution < 1.29 is 9.13 Å². The van der Waals surface area contributed by atoms with Crippen molar-refractivity contribution in [3.05, 3.63) is 90.6 Å². The lowest BCUT2D eigenvalue weighted by Gasteiger charge is -2.10. The number of rotatable bonds is 6. The Morgan fingerprint density at radius 1 is 1.00 bits per heavy atom. The molecule has 0 unspecified atom stereocenters. The lowest BCUT2D eigenvalue weighted by Crippen LogP contribution is -2.03. The highest BCUT2D eigenvalue weighted by atomic mass is 19.1. The number of fused-ring (bicyclic) bond motifs is 1. The number of methoxy groups -OCH3 is 1. The summed E-state index contributed by atoms with van der Waals surface area (Å²) in [6.07, 6.45) is 5.02. The van der Waals surface area contributed by atoms with Gasteiger partial charge in [-0.1, -0.05) is 30.3 Å². The zero-order valence-corrected chi connectivity index (χ0v) is 17.2. The van der Waals surface area contributed by atoms with Crippen LogP contribution in [-0.2, 0) is 6.54 Å². The normalized spacial score (nSPS) is 10.9. The van der Waals surface area contributed by atoms with E-state index < -0.39 is 0 Å². The first-order valence-corrected chi connectivity index (χ1v) is 10.00. The number of para-hydroxylation sites is 1. The molecule has 5 aromatic rings. The predicted molar refractivity (Wildman–Crippen MR) is 120 cm³/mol. The Balaban J connectivity index is 1.57. The molecule has 5 rings (SSSR count). The van der Waals surface area contributed by atoms with Crippen LogP contribution in [0, 0.1) is 5.82 Å². The third-order valence-corrected chi connectivity index (χ3v) is 5.03. The van der Waals surface area contributed by atoms with Crippen molar-refractivity contribution in [1.82, 2.24) is 24.7 Å². The molecular formula is C24H19FN6O. The summed E-state index contributed by atoms with van der Waals surface area (Å²) in [6, 6.07) is 18.0. The van der Waals surface area contributed by atoms with E-state index in [1.54, 1.807) is 37.8 Å². The third-order valence-electron chi connectivity index (χ3n) is 5.03. The van der Waals surface area contributed by atoms with Crippen molar-refractivity contribution in [2.75, 3.05) is 12.4 Å². The van der Waals surface area contributed by atoms with Gasteiger partial charge in [0.25, 0.3) is 0 Å². The maximum absolute atomic E-state index is 13.3. The second-order valence-electron chi connectivity index (χ2n) is 7.12. The van der Waals surface area contributed by atoms with Crippen molar-refractivity contribution in [3.8, 4) is 17.3 Å². The average Bonchev–Trinajstić information content (AvgIpc) is 3.20. The Kier molecular flexibility index (Phi) is 5.17. The largest absolute Gasteiger partial charge is 0.491 e. The van der Waals surface area contributed by atoms with Crippen LogP contribution in [0.15, 0.2) is 79.3 Å². The summed E-state index contributed by atoms with van der Waals surface area (Å²) in [5.41, 5.74) is 3.37. The van der Waals surface area contributed by atoms with Gasteiger partial charge in [0.1, 0.15) is 11.5 Å². The van der Waals surface area contributed by atoms with Crippen molar-refractivity contribution in [2.24, 2.45) is 0 Å². The minimum Gasteiger partial charge on any atom is -0.491 e. The number of pyridine rings is 1. The quantitative estimate of drug-likeness (QED) is 0.419. The molecule has 2 aromatic carbocycles. The van der Waals surface area contributed by atoms with Crippen molar-refractivity contribution >= 4 is 22.4 Å². The summed E-state index contributed by atoms with van der Waals surface area (Å²) in [4.78, 5) is 13.2. The molecule has 0 aliphatic heterocycles. The molecule has 3 heterocycles. The molecule has 3 aromatic heterocycles. The van der Waals surface area contributed by atoms with Gasteiger partial charge in [-0.2, -0.15) is 5.10 Å². The van der Waals surface area contributed by atoms with Crippen LogP contribution < -0.4 is 10.1 Å². The molecule has 0 bridgehead atoms. The van der Waals surface area contributed by atoms with Crippen LogP contribution in [0.3, 0.4) is 0 Å². The van der Waals surface area contributed by atoms with Crippen molar-refractivity contribution in [3.63, 3.8) is 0 Å². The minimum atomic E-state index is -0.263. The number of nitrogens with zero attached hydrogens (tertiary/aromatic N) is 5. The molecule has 32 heavy (non-hydrogen) atoms. The van der Waals surface area contributed by atoms with Gasteiger partial charge >= 0.3 is 0 Å². The zero-order valence-electron chi connectivity index (χ0n) is 17.2. The fourth-order valence-corrected chi connectivity index (χ4v) is 3.47. The molecule has 8 heteroatoms. The maximum atomic E-state index is 13.3. The number of hydrogen-bond acceptors (Lipinski definition) is 6. The van der Waals surface area contributed by atoms with E-state index in [1.807, 2.05) is 41.1 Å². The first-order valence-electron chi connectivity index (χ1n) is 10.00. The molecule has 0 spiro atoms. The lowest BCUT2D eigenvalue weighted by atomic mass is 10.2. The molecular weight excluding hydrogens is 407 g/mol. The molecule has 0 aliphatic rings. The van der Waals surface area contributed by atoms with Crippen molar-refractivity contribution in [2.45, 2.75) is 6.54 Å². The second-order valence-corrected chi connectivity index (χ2v) is 7.12. The molecule has 158 valence electrons. The molecule has 0 fully saturated rings. The Morgan fingerprint density at radius 3 is 2.56 bits per heavy atom. The third kappa shape index (κ3) is 3.85. The molecule has 0 amide bonds. The molecule has 0 aliphatic carbocycles. The van der Waals surface area contributed by atoms with Gasteiger partial charge in [-0.3, -0.25) is 9.67 Å². The summed E-state index contributed by atoms with van der Waals surface area (Å²) in [7, 11) is 1.57. The topological polar surface area (TPSA) is 77.8 Å². The van der Waals surface area contributed by atoms with Crippen LogP contribution in [0.5, 0.6) is 5.75 Å². The van der Waals surface area contributed by atoms with Gasteiger partial charge in [-0.15, -0.1) is 0 Å². The van der Waals surface area contributed by atoms with Crippen LogP contribution in [0.4, 0.5) is 15.9 Å². The van der Waals surface area contributed by atoms with Crippen LogP contribution in [0.1, 0.15) is 5.56 Å². The fraction of sp³-hybridized carbons (Fsp3) is 0.0833. The van der Waals surface area contributed by atoms with E-state index in [0.717, 1.165) is 22.2 Å². The van der Waals surface area contributed by atoms with Gasteiger partial charge in [0.15, 0.2) is 17.4 Å². The van der Waals surface area contributed by atoms with Crippen LogP contribution >= 0.6 is 0 Å². The number of halogens is 1. The van der Waals surface area contributed by atoms with E-state index in [4.69, 9.17) is 14.8 Å². The van der Waals surface area contributed by atoms with Gasteiger partial charge in [-0.05, 0) is 35.9 Å². The van der Waals surface area contributed by atoms with E-state index in [2.05, 4.69) is 15.3 Å². The molecule has 0 saturated heterocycles. The fourth-order valence-electron chi connectivity index (χ4n) is 3.47. The maximum Gasteiger partial charge on any atom is 0.183 e. The van der Waals surface area contributed by atoms with E-state index >= 15 is 0 Å². The molecule has 0 saturated carbocycles. The number of nitrogens with one attached hydrogen (secondary N) is 1. The minimum absolute atomic E-state index is 0.263. The van der Waals surface area contributed by atoms with E-state index in [0.29, 0.717) is 29.6 Å². The molecule has 1 N–H and O–H groups in total. The smallest absolute Gasteiger partial charge is 0.183 e. The summed E-state index contributed by atoms with van der Waals surface area (Å²) in [6.45, 7) is 0.499. The molecule has 0 atom stereocenters. The monoisotopic (exact) mass is 426 g/mol. The van der Waals surface area contributed by atoms with Crippen LogP contribution in [0.2, 0.25) is 0 Å². The van der Waals surface area contributed by atoms with Crippen molar-refractivity contribution in [1.29, 1.82) is 0 Å². The Labute approximate surface area is 183 Å². The SMILES string of the molecule is COc1cnc(-c2nn(Cc3ccc(F)cc3)c3ccccc23)nc1Nc1ccncc1. The van der Waals surface area contributed by atoms with Gasteiger partial charge in [0.2, 0.25) is 0 Å². The molecule has 0 radical (unpaired) electrons. The molecule has 7 nitrogen and oxygen atoms in total.